The molecule has 3 aromatic rings. The molecule has 3 rings (SSSR count). The van der Waals surface area contributed by atoms with Crippen molar-refractivity contribution >= 4 is 34.3 Å². The Labute approximate surface area is 168 Å². The number of para-hydroxylation sites is 1. The highest BCUT2D eigenvalue weighted by Gasteiger charge is 2.35. The van der Waals surface area contributed by atoms with Crippen LogP contribution in [0.3, 0.4) is 0 Å². The normalized spacial score (nSPS) is 11.3. The standard InChI is InChI=1S/C19H16F3N3O3S/c1-27-12-7-11(8-13(9-12)28-2)23-16(26)10-29-17-14-5-3-4-6-15(14)24-18(25-17)19(20,21)22/h3-9H,10H2,1-2H3,(H,23,26). The van der Waals surface area contributed by atoms with E-state index in [2.05, 4.69) is 15.3 Å². The number of ether oxygens (including phenoxy) is 2. The summed E-state index contributed by atoms with van der Waals surface area (Å²) in [5.74, 6) is -0.816. The van der Waals surface area contributed by atoms with E-state index in [4.69, 9.17) is 9.47 Å². The van der Waals surface area contributed by atoms with Gasteiger partial charge in [-0.25, -0.2) is 9.97 Å². The fourth-order valence-electron chi connectivity index (χ4n) is 2.49. The average Bonchev–Trinajstić information content (AvgIpc) is 2.70. The predicted octanol–water partition coefficient (Wildman–Crippen LogP) is 4.40. The first-order valence-electron chi connectivity index (χ1n) is 8.30. The third-order valence-electron chi connectivity index (χ3n) is 3.80. The predicted molar refractivity (Wildman–Crippen MR) is 103 cm³/mol. The number of benzene rings is 2. The van der Waals surface area contributed by atoms with Gasteiger partial charge in [0.2, 0.25) is 11.7 Å². The van der Waals surface area contributed by atoms with Crippen molar-refractivity contribution in [1.29, 1.82) is 0 Å². The van der Waals surface area contributed by atoms with Crippen LogP contribution >= 0.6 is 11.8 Å². The van der Waals surface area contributed by atoms with Gasteiger partial charge in [0.25, 0.3) is 0 Å². The molecule has 0 fully saturated rings. The molecule has 0 radical (unpaired) electrons. The lowest BCUT2D eigenvalue weighted by atomic mass is 10.2. The Morgan fingerprint density at radius 3 is 2.34 bits per heavy atom. The Bertz CT molecular complexity index is 1020. The van der Waals surface area contributed by atoms with Gasteiger partial charge in [-0.1, -0.05) is 30.0 Å². The molecule has 1 heterocycles. The zero-order chi connectivity index (χ0) is 21.0. The van der Waals surface area contributed by atoms with Gasteiger partial charge in [-0.05, 0) is 6.07 Å². The van der Waals surface area contributed by atoms with Gasteiger partial charge in [-0.3, -0.25) is 4.79 Å². The Morgan fingerprint density at radius 1 is 1.07 bits per heavy atom. The molecule has 1 aromatic heterocycles. The van der Waals surface area contributed by atoms with Crippen molar-refractivity contribution in [2.75, 3.05) is 25.3 Å². The summed E-state index contributed by atoms with van der Waals surface area (Å²) in [5.41, 5.74) is 0.602. The summed E-state index contributed by atoms with van der Waals surface area (Å²) >= 11 is 0.902. The molecule has 152 valence electrons. The quantitative estimate of drug-likeness (QED) is 0.468. The minimum absolute atomic E-state index is 0.0845. The zero-order valence-electron chi connectivity index (χ0n) is 15.4. The lowest BCUT2D eigenvalue weighted by Gasteiger charge is -2.11. The topological polar surface area (TPSA) is 73.3 Å². The first-order valence-corrected chi connectivity index (χ1v) is 9.28. The number of alkyl halides is 3. The summed E-state index contributed by atoms with van der Waals surface area (Å²) in [7, 11) is 2.96. The van der Waals surface area contributed by atoms with Crippen LogP contribution in [0.15, 0.2) is 47.5 Å². The van der Waals surface area contributed by atoms with Crippen LogP contribution in [-0.4, -0.2) is 35.8 Å². The third kappa shape index (κ3) is 5.08. The van der Waals surface area contributed by atoms with Gasteiger partial charge < -0.3 is 14.8 Å². The van der Waals surface area contributed by atoms with E-state index in [0.29, 0.717) is 22.6 Å². The molecule has 0 saturated carbocycles. The molecule has 6 nitrogen and oxygen atoms in total. The van der Waals surface area contributed by atoms with Crippen molar-refractivity contribution in [1.82, 2.24) is 9.97 Å². The molecule has 1 amide bonds. The maximum Gasteiger partial charge on any atom is 0.451 e. The van der Waals surface area contributed by atoms with Crippen molar-refractivity contribution in [2.45, 2.75) is 11.2 Å². The monoisotopic (exact) mass is 423 g/mol. The maximum absolute atomic E-state index is 13.1. The first kappa shape index (κ1) is 20.7. The van der Waals surface area contributed by atoms with Gasteiger partial charge in [0.1, 0.15) is 16.5 Å². The number of carbonyl (C=O) groups excluding carboxylic acids is 1. The van der Waals surface area contributed by atoms with Crippen LogP contribution < -0.4 is 14.8 Å². The Hall–Kier alpha value is -3.01. The van der Waals surface area contributed by atoms with Crippen LogP contribution in [0.2, 0.25) is 0 Å². The van der Waals surface area contributed by atoms with E-state index in [9.17, 15) is 18.0 Å². The van der Waals surface area contributed by atoms with Gasteiger partial charge in [0.05, 0.1) is 25.5 Å². The second-order valence-electron chi connectivity index (χ2n) is 5.81. The molecule has 10 heteroatoms. The number of rotatable bonds is 6. The molecular formula is C19H16F3N3O3S. The first-order chi connectivity index (χ1) is 13.8. The highest BCUT2D eigenvalue weighted by molar-refractivity contribution is 8.00. The second-order valence-corrected chi connectivity index (χ2v) is 6.77. The van der Waals surface area contributed by atoms with Crippen molar-refractivity contribution in [3.63, 3.8) is 0 Å². The van der Waals surface area contributed by atoms with E-state index < -0.39 is 17.9 Å². The highest BCUT2D eigenvalue weighted by atomic mass is 32.2. The molecule has 29 heavy (non-hydrogen) atoms. The summed E-state index contributed by atoms with van der Waals surface area (Å²) in [4.78, 5) is 19.5. The molecule has 0 spiro atoms. The van der Waals surface area contributed by atoms with E-state index in [1.165, 1.54) is 20.3 Å². The van der Waals surface area contributed by atoms with E-state index in [1.807, 2.05) is 0 Å². The van der Waals surface area contributed by atoms with Gasteiger partial charge in [-0.2, -0.15) is 13.2 Å². The van der Waals surface area contributed by atoms with Gasteiger partial charge in [-0.15, -0.1) is 0 Å². The molecule has 0 bridgehead atoms. The van der Waals surface area contributed by atoms with Crippen molar-refractivity contribution in [2.24, 2.45) is 0 Å². The van der Waals surface area contributed by atoms with Crippen LogP contribution in [0.4, 0.5) is 18.9 Å². The number of carbonyl (C=O) groups is 1. The number of aromatic nitrogens is 2. The van der Waals surface area contributed by atoms with Gasteiger partial charge in [0, 0.05) is 29.3 Å². The summed E-state index contributed by atoms with van der Waals surface area (Å²) in [6, 6.07) is 11.2. The molecular weight excluding hydrogens is 407 g/mol. The fourth-order valence-corrected chi connectivity index (χ4v) is 3.31. The number of thioether (sulfide) groups is 1. The SMILES string of the molecule is COc1cc(NC(=O)CSc2nc(C(F)(F)F)nc3ccccc23)cc(OC)c1. The molecule has 2 aromatic carbocycles. The molecule has 0 aliphatic carbocycles. The Kier molecular flexibility index (Phi) is 6.12. The van der Waals surface area contributed by atoms with Crippen molar-refractivity contribution in [3.05, 3.63) is 48.3 Å². The largest absolute Gasteiger partial charge is 0.497 e. The Balaban J connectivity index is 1.79. The van der Waals surface area contributed by atoms with E-state index in [-0.39, 0.29) is 16.3 Å². The number of halogens is 3. The summed E-state index contributed by atoms with van der Waals surface area (Å²) < 4.78 is 49.5. The summed E-state index contributed by atoms with van der Waals surface area (Å²) in [6.45, 7) is 0. The maximum atomic E-state index is 13.1. The van der Waals surface area contributed by atoms with Crippen LogP contribution in [0.5, 0.6) is 11.5 Å². The van der Waals surface area contributed by atoms with E-state index >= 15 is 0 Å². The molecule has 1 N–H and O–H groups in total. The van der Waals surface area contributed by atoms with Crippen LogP contribution in [0.1, 0.15) is 5.82 Å². The van der Waals surface area contributed by atoms with Crippen molar-refractivity contribution in [3.8, 4) is 11.5 Å². The molecule has 0 aliphatic heterocycles. The molecule has 0 atom stereocenters. The van der Waals surface area contributed by atoms with Gasteiger partial charge in [0.15, 0.2) is 0 Å². The van der Waals surface area contributed by atoms with Gasteiger partial charge >= 0.3 is 6.18 Å². The van der Waals surface area contributed by atoms with Crippen LogP contribution in [0, 0.1) is 0 Å². The number of hydrogen-bond acceptors (Lipinski definition) is 6. The van der Waals surface area contributed by atoms with E-state index in [0.717, 1.165) is 11.8 Å². The Morgan fingerprint density at radius 2 is 1.72 bits per heavy atom. The number of nitrogens with one attached hydrogen (secondary N) is 1. The number of amides is 1. The van der Waals surface area contributed by atoms with Crippen LogP contribution in [-0.2, 0) is 11.0 Å². The number of nitrogens with zero attached hydrogens (tertiary/aromatic N) is 2. The highest BCUT2D eigenvalue weighted by Crippen LogP contribution is 2.32. The lowest BCUT2D eigenvalue weighted by molar-refractivity contribution is -0.145. The fraction of sp³-hybridized carbons (Fsp3) is 0.211. The second kappa shape index (κ2) is 8.56. The molecule has 0 unspecified atom stereocenters. The minimum atomic E-state index is -4.68. The number of methoxy groups -OCH3 is 2. The number of fused-ring (bicyclic) bond motifs is 1. The smallest absolute Gasteiger partial charge is 0.451 e. The van der Waals surface area contributed by atoms with Crippen molar-refractivity contribution < 1.29 is 27.4 Å². The third-order valence-corrected chi connectivity index (χ3v) is 4.79. The summed E-state index contributed by atoms with van der Waals surface area (Å²) in [5, 5.41) is 3.20. The van der Waals surface area contributed by atoms with E-state index in [1.54, 1.807) is 36.4 Å². The lowest BCUT2D eigenvalue weighted by Crippen LogP contribution is -2.15. The summed E-state index contributed by atoms with van der Waals surface area (Å²) in [6.07, 6.45) is -4.68. The minimum Gasteiger partial charge on any atom is -0.497 e. The number of anilines is 1. The zero-order valence-corrected chi connectivity index (χ0v) is 16.2. The molecule has 0 aliphatic rings. The number of hydrogen-bond donors (Lipinski definition) is 1. The molecule has 0 saturated heterocycles. The average molecular weight is 423 g/mol. The van der Waals surface area contributed by atoms with Crippen LogP contribution in [0.25, 0.3) is 10.9 Å².